The summed E-state index contributed by atoms with van der Waals surface area (Å²) in [5.41, 5.74) is 12.1. The van der Waals surface area contributed by atoms with Crippen LogP contribution in [0.2, 0.25) is 0 Å². The molecule has 8 rings (SSSR count). The third-order valence-corrected chi connectivity index (χ3v) is 9.43. The van der Waals surface area contributed by atoms with E-state index in [9.17, 15) is 0 Å². The molecule has 7 aromatic rings. The van der Waals surface area contributed by atoms with E-state index >= 15 is 0 Å². The highest BCUT2D eigenvalue weighted by atomic mass is 79.9. The molecule has 39 heavy (non-hydrogen) atoms. The predicted octanol–water partition coefficient (Wildman–Crippen LogP) is 10.2. The van der Waals surface area contributed by atoms with E-state index in [2.05, 4.69) is 138 Å². The van der Waals surface area contributed by atoms with Crippen LogP contribution in [0, 0.1) is 0 Å². The van der Waals surface area contributed by atoms with E-state index < -0.39 is 0 Å². The average molecular weight is 589 g/mol. The topological polar surface area (TPSA) is 18.1 Å². The number of para-hydroxylation sites is 1. The van der Waals surface area contributed by atoms with E-state index in [1.54, 1.807) is 0 Å². The van der Waals surface area contributed by atoms with Gasteiger partial charge in [0.1, 0.15) is 11.2 Å². The number of aryl methyl sites for hydroxylation is 1. The van der Waals surface area contributed by atoms with E-state index in [0.717, 1.165) is 44.3 Å². The summed E-state index contributed by atoms with van der Waals surface area (Å²) in [5.74, 6) is 0.807. The lowest BCUT2D eigenvalue weighted by molar-refractivity contribution is 0.666. The summed E-state index contributed by atoms with van der Waals surface area (Å²) in [6, 6.07) is 33.3. The number of furan rings is 1. The Bertz CT molecular complexity index is 2130. The fourth-order valence-corrected chi connectivity index (χ4v) is 7.88. The number of halogens is 1. The van der Waals surface area contributed by atoms with Crippen molar-refractivity contribution in [3.8, 4) is 16.8 Å². The van der Waals surface area contributed by atoms with Crippen LogP contribution in [0.15, 0.2) is 99.9 Å². The zero-order valence-electron chi connectivity index (χ0n) is 21.8. The lowest BCUT2D eigenvalue weighted by Crippen LogP contribution is -2.15. The molecule has 0 radical (unpaired) electrons. The zero-order valence-corrected chi connectivity index (χ0v) is 24.2. The van der Waals surface area contributed by atoms with E-state index in [1.807, 2.05) is 0 Å². The van der Waals surface area contributed by atoms with Crippen molar-refractivity contribution in [2.75, 3.05) is 5.75 Å². The van der Waals surface area contributed by atoms with Gasteiger partial charge in [0.2, 0.25) is 0 Å². The van der Waals surface area contributed by atoms with Gasteiger partial charge < -0.3 is 8.98 Å². The molecule has 0 unspecified atom stereocenters. The van der Waals surface area contributed by atoms with Crippen LogP contribution in [-0.4, -0.2) is 10.3 Å². The van der Waals surface area contributed by atoms with Gasteiger partial charge >= 0.3 is 0 Å². The van der Waals surface area contributed by atoms with Crippen LogP contribution in [0.3, 0.4) is 0 Å². The standard InChI is InChI=1S/C35H26BrNOS/c1-35(2)26-9-5-3-7-22(26)23-12-13-29-33(34(23)35)24-8-4-6-10-28(24)37(29)21-11-14-30-25(19-21)32-27(36)17-20(15-16-39)18-31(32)38-30/h3-14,17-19,39H,15-16H2,1-2H3. The van der Waals surface area contributed by atoms with Crippen molar-refractivity contribution < 1.29 is 4.42 Å². The van der Waals surface area contributed by atoms with Crippen LogP contribution in [0.4, 0.5) is 0 Å². The summed E-state index contributed by atoms with van der Waals surface area (Å²) in [6.07, 6.45) is 0.909. The smallest absolute Gasteiger partial charge is 0.136 e. The number of nitrogens with zero attached hydrogens (tertiary/aromatic N) is 1. The lowest BCUT2D eigenvalue weighted by Gasteiger charge is -2.22. The minimum Gasteiger partial charge on any atom is -0.456 e. The van der Waals surface area contributed by atoms with Gasteiger partial charge in [-0.05, 0) is 82.5 Å². The number of hydrogen-bond acceptors (Lipinski definition) is 2. The highest BCUT2D eigenvalue weighted by Crippen LogP contribution is 2.53. The highest BCUT2D eigenvalue weighted by molar-refractivity contribution is 9.10. The fourth-order valence-electron chi connectivity index (χ4n) is 6.92. The third kappa shape index (κ3) is 3.16. The quantitative estimate of drug-likeness (QED) is 0.203. The normalized spacial score (nSPS) is 14.1. The van der Waals surface area contributed by atoms with E-state index in [0.29, 0.717) is 0 Å². The molecule has 0 spiro atoms. The molecule has 1 aliphatic carbocycles. The van der Waals surface area contributed by atoms with Crippen LogP contribution >= 0.6 is 28.6 Å². The van der Waals surface area contributed by atoms with Gasteiger partial charge in [0.15, 0.2) is 0 Å². The Hall–Kier alpha value is -3.47. The Morgan fingerprint density at radius 2 is 1.59 bits per heavy atom. The molecular formula is C35H26BrNOS. The molecular weight excluding hydrogens is 562 g/mol. The lowest BCUT2D eigenvalue weighted by atomic mass is 9.80. The summed E-state index contributed by atoms with van der Waals surface area (Å²) >= 11 is 8.26. The summed E-state index contributed by atoms with van der Waals surface area (Å²) in [7, 11) is 0. The van der Waals surface area contributed by atoms with Crippen molar-refractivity contribution in [3.05, 3.63) is 112 Å². The Kier molecular flexibility index (Phi) is 4.96. The minimum absolute atomic E-state index is 0.0826. The molecule has 0 saturated carbocycles. The molecule has 0 aliphatic heterocycles. The van der Waals surface area contributed by atoms with Crippen molar-refractivity contribution in [2.24, 2.45) is 0 Å². The maximum Gasteiger partial charge on any atom is 0.136 e. The van der Waals surface area contributed by atoms with Crippen molar-refractivity contribution in [1.82, 2.24) is 4.57 Å². The SMILES string of the molecule is CC1(C)c2ccccc2-c2ccc3c(c21)c1ccccc1n3-c1ccc2oc3cc(CCS)cc(Br)c3c2c1. The molecule has 4 heteroatoms. The van der Waals surface area contributed by atoms with E-state index in [4.69, 9.17) is 4.42 Å². The van der Waals surface area contributed by atoms with Gasteiger partial charge in [-0.3, -0.25) is 0 Å². The van der Waals surface area contributed by atoms with Gasteiger partial charge in [-0.25, -0.2) is 0 Å². The Labute approximate surface area is 240 Å². The second-order valence-electron chi connectivity index (χ2n) is 11.1. The number of aromatic nitrogens is 1. The van der Waals surface area contributed by atoms with Crippen molar-refractivity contribution >= 4 is 72.3 Å². The Morgan fingerprint density at radius 1 is 0.769 bits per heavy atom. The monoisotopic (exact) mass is 587 g/mol. The second-order valence-corrected chi connectivity index (χ2v) is 12.4. The van der Waals surface area contributed by atoms with Gasteiger partial charge in [-0.1, -0.05) is 78.3 Å². The molecule has 2 nitrogen and oxygen atoms in total. The molecule has 2 heterocycles. The molecule has 5 aromatic carbocycles. The number of rotatable bonds is 3. The molecule has 0 amide bonds. The van der Waals surface area contributed by atoms with Crippen LogP contribution < -0.4 is 0 Å². The number of hydrogen-bond donors (Lipinski definition) is 1. The third-order valence-electron chi connectivity index (χ3n) is 8.58. The maximum atomic E-state index is 6.33. The van der Waals surface area contributed by atoms with Gasteiger partial charge in [-0.15, -0.1) is 0 Å². The molecule has 0 fully saturated rings. The zero-order chi connectivity index (χ0) is 26.5. The van der Waals surface area contributed by atoms with Gasteiger partial charge in [0.05, 0.1) is 11.0 Å². The number of benzene rings is 5. The van der Waals surface area contributed by atoms with Gasteiger partial charge in [-0.2, -0.15) is 12.6 Å². The molecule has 0 N–H and O–H groups in total. The van der Waals surface area contributed by atoms with Crippen molar-refractivity contribution in [2.45, 2.75) is 25.7 Å². The van der Waals surface area contributed by atoms with Gasteiger partial charge in [0, 0.05) is 37.1 Å². The number of thiol groups is 1. The maximum absolute atomic E-state index is 6.33. The molecule has 0 bridgehead atoms. The van der Waals surface area contributed by atoms with E-state index in [-0.39, 0.29) is 5.41 Å². The molecule has 190 valence electrons. The summed E-state index contributed by atoms with van der Waals surface area (Å²) in [6.45, 7) is 4.73. The minimum atomic E-state index is -0.0826. The van der Waals surface area contributed by atoms with Crippen molar-refractivity contribution in [1.29, 1.82) is 0 Å². The molecule has 0 saturated heterocycles. The predicted molar refractivity (Wildman–Crippen MR) is 171 cm³/mol. The first-order valence-electron chi connectivity index (χ1n) is 13.4. The highest BCUT2D eigenvalue weighted by Gasteiger charge is 2.37. The fraction of sp³-hybridized carbons (Fsp3) is 0.143. The molecule has 2 aromatic heterocycles. The van der Waals surface area contributed by atoms with Crippen LogP contribution in [0.1, 0.15) is 30.5 Å². The molecule has 1 aliphatic rings. The first-order chi connectivity index (χ1) is 19.0. The number of fused-ring (bicyclic) bond motifs is 10. The summed E-state index contributed by atoms with van der Waals surface area (Å²) in [5, 5.41) is 4.87. The summed E-state index contributed by atoms with van der Waals surface area (Å²) in [4.78, 5) is 0. The Morgan fingerprint density at radius 3 is 2.46 bits per heavy atom. The van der Waals surface area contributed by atoms with Crippen LogP contribution in [0.5, 0.6) is 0 Å². The Balaban J connectivity index is 1.44. The van der Waals surface area contributed by atoms with Gasteiger partial charge in [0.25, 0.3) is 0 Å². The first kappa shape index (κ1) is 23.4. The molecule has 0 atom stereocenters. The summed E-state index contributed by atoms with van der Waals surface area (Å²) < 4.78 is 9.81. The second kappa shape index (κ2) is 8.27. The van der Waals surface area contributed by atoms with Crippen molar-refractivity contribution in [3.63, 3.8) is 0 Å². The first-order valence-corrected chi connectivity index (χ1v) is 14.8. The van der Waals surface area contributed by atoms with Crippen LogP contribution in [-0.2, 0) is 11.8 Å². The average Bonchev–Trinajstić information content (AvgIpc) is 3.54. The van der Waals surface area contributed by atoms with E-state index in [1.165, 1.54) is 49.6 Å². The van der Waals surface area contributed by atoms with Crippen LogP contribution in [0.25, 0.3) is 60.6 Å². The largest absolute Gasteiger partial charge is 0.456 e.